The van der Waals surface area contributed by atoms with Crippen molar-refractivity contribution >= 4 is 5.91 Å². The van der Waals surface area contributed by atoms with Crippen LogP contribution in [0.15, 0.2) is 24.3 Å². The molecule has 1 aromatic carbocycles. The van der Waals surface area contributed by atoms with Crippen LogP contribution < -0.4 is 4.74 Å². The van der Waals surface area contributed by atoms with Gasteiger partial charge in [0, 0.05) is 39.1 Å². The fourth-order valence-electron chi connectivity index (χ4n) is 2.17. The molecule has 1 amide bonds. The predicted molar refractivity (Wildman–Crippen MR) is 68.5 cm³/mol. The third-order valence-corrected chi connectivity index (χ3v) is 3.16. The van der Waals surface area contributed by atoms with Crippen LogP contribution in [-0.4, -0.2) is 43.7 Å². The highest BCUT2D eigenvalue weighted by atomic mass is 19.1. The number of benzene rings is 1. The zero-order valence-electron chi connectivity index (χ0n) is 11.0. The summed E-state index contributed by atoms with van der Waals surface area (Å²) in [6.45, 7) is 1.43. The van der Waals surface area contributed by atoms with Gasteiger partial charge in [0.1, 0.15) is 24.3 Å². The van der Waals surface area contributed by atoms with E-state index in [2.05, 4.69) is 0 Å². The zero-order valence-corrected chi connectivity index (χ0v) is 11.0. The Hall–Kier alpha value is -1.62. The molecule has 0 bridgehead atoms. The van der Waals surface area contributed by atoms with E-state index in [0.717, 1.165) is 12.8 Å². The summed E-state index contributed by atoms with van der Waals surface area (Å²) in [6.07, 6.45) is 1.55. The maximum atomic E-state index is 13.0. The number of piperidine rings is 1. The van der Waals surface area contributed by atoms with Gasteiger partial charge in [-0.1, -0.05) is 6.07 Å². The highest BCUT2D eigenvalue weighted by Gasteiger charge is 2.23. The van der Waals surface area contributed by atoms with Gasteiger partial charge in [0.25, 0.3) is 0 Å². The molecule has 2 rings (SSSR count). The average molecular weight is 267 g/mol. The number of likely N-dealkylation sites (tertiary alicyclic amines) is 1. The second-order valence-electron chi connectivity index (χ2n) is 4.59. The Labute approximate surface area is 112 Å². The monoisotopic (exact) mass is 267 g/mol. The summed E-state index contributed by atoms with van der Waals surface area (Å²) in [5, 5.41) is 0. The van der Waals surface area contributed by atoms with E-state index in [4.69, 9.17) is 9.47 Å². The molecule has 0 unspecified atom stereocenters. The molecule has 1 saturated heterocycles. The van der Waals surface area contributed by atoms with E-state index in [0.29, 0.717) is 18.8 Å². The summed E-state index contributed by atoms with van der Waals surface area (Å²) in [5.74, 6) is 0.249. The van der Waals surface area contributed by atoms with Gasteiger partial charge in [0.2, 0.25) is 5.91 Å². The van der Waals surface area contributed by atoms with Crippen molar-refractivity contribution in [3.8, 4) is 5.75 Å². The minimum Gasteiger partial charge on any atom is -0.490 e. The van der Waals surface area contributed by atoms with Gasteiger partial charge >= 0.3 is 0 Å². The standard InChI is InChI=1S/C14H18FNO3/c1-18-10-14(17)16-7-5-12(6-8-16)19-13-4-2-3-11(15)9-13/h2-4,9,12H,5-8,10H2,1H3. The molecule has 1 heterocycles. The highest BCUT2D eigenvalue weighted by molar-refractivity contribution is 5.77. The number of carbonyl (C=O) groups excluding carboxylic acids is 1. The van der Waals surface area contributed by atoms with Crippen molar-refractivity contribution < 1.29 is 18.7 Å². The van der Waals surface area contributed by atoms with Crippen molar-refractivity contribution in [1.82, 2.24) is 4.90 Å². The fourth-order valence-corrected chi connectivity index (χ4v) is 2.17. The average Bonchev–Trinajstić information content (AvgIpc) is 2.40. The Morgan fingerprint density at radius 2 is 2.16 bits per heavy atom. The molecule has 1 aliphatic rings. The van der Waals surface area contributed by atoms with Crippen LogP contribution in [0.1, 0.15) is 12.8 Å². The van der Waals surface area contributed by atoms with Crippen LogP contribution in [0, 0.1) is 5.82 Å². The summed E-state index contributed by atoms with van der Waals surface area (Å²) in [7, 11) is 1.51. The van der Waals surface area contributed by atoms with Gasteiger partial charge < -0.3 is 14.4 Å². The Balaban J connectivity index is 1.82. The Morgan fingerprint density at radius 1 is 1.42 bits per heavy atom. The number of halogens is 1. The maximum absolute atomic E-state index is 13.0. The Bertz CT molecular complexity index is 430. The van der Waals surface area contributed by atoms with Crippen LogP contribution in [0.3, 0.4) is 0 Å². The number of hydrogen-bond donors (Lipinski definition) is 0. The third kappa shape index (κ3) is 3.92. The molecule has 19 heavy (non-hydrogen) atoms. The van der Waals surface area contributed by atoms with E-state index in [1.165, 1.54) is 19.2 Å². The molecular weight excluding hydrogens is 249 g/mol. The van der Waals surface area contributed by atoms with Crippen molar-refractivity contribution in [2.24, 2.45) is 0 Å². The summed E-state index contributed by atoms with van der Waals surface area (Å²) in [5.41, 5.74) is 0. The molecule has 104 valence electrons. The lowest BCUT2D eigenvalue weighted by Crippen LogP contribution is -2.43. The largest absolute Gasteiger partial charge is 0.490 e. The van der Waals surface area contributed by atoms with Crippen LogP contribution in [-0.2, 0) is 9.53 Å². The smallest absolute Gasteiger partial charge is 0.248 e. The Kier molecular flexibility index (Phi) is 4.74. The number of rotatable bonds is 4. The van der Waals surface area contributed by atoms with Crippen LogP contribution in [0.4, 0.5) is 4.39 Å². The van der Waals surface area contributed by atoms with Crippen molar-refractivity contribution in [2.75, 3.05) is 26.8 Å². The molecule has 1 aliphatic heterocycles. The molecule has 4 nitrogen and oxygen atoms in total. The number of carbonyl (C=O) groups is 1. The van der Waals surface area contributed by atoms with Gasteiger partial charge in [-0.25, -0.2) is 4.39 Å². The summed E-state index contributed by atoms with van der Waals surface area (Å²) in [4.78, 5) is 13.4. The van der Waals surface area contributed by atoms with Gasteiger partial charge in [0.15, 0.2) is 0 Å². The number of hydrogen-bond acceptors (Lipinski definition) is 3. The molecule has 0 spiro atoms. The first-order valence-corrected chi connectivity index (χ1v) is 6.38. The van der Waals surface area contributed by atoms with Crippen LogP contribution in [0.5, 0.6) is 5.75 Å². The maximum Gasteiger partial charge on any atom is 0.248 e. The van der Waals surface area contributed by atoms with Crippen LogP contribution in [0.25, 0.3) is 0 Å². The van der Waals surface area contributed by atoms with E-state index in [9.17, 15) is 9.18 Å². The molecule has 0 N–H and O–H groups in total. The molecule has 5 heteroatoms. The van der Waals surface area contributed by atoms with E-state index < -0.39 is 0 Å². The minimum atomic E-state index is -0.301. The quantitative estimate of drug-likeness (QED) is 0.835. The molecule has 0 aliphatic carbocycles. The highest BCUT2D eigenvalue weighted by Crippen LogP contribution is 2.19. The van der Waals surface area contributed by atoms with Crippen molar-refractivity contribution in [3.05, 3.63) is 30.1 Å². The molecule has 0 saturated carbocycles. The van der Waals surface area contributed by atoms with Crippen LogP contribution >= 0.6 is 0 Å². The summed E-state index contributed by atoms with van der Waals surface area (Å²) in [6, 6.07) is 6.13. The zero-order chi connectivity index (χ0) is 13.7. The SMILES string of the molecule is COCC(=O)N1CCC(Oc2cccc(F)c2)CC1. The van der Waals surface area contributed by atoms with E-state index >= 15 is 0 Å². The molecule has 0 aromatic heterocycles. The second kappa shape index (κ2) is 6.52. The van der Waals surface area contributed by atoms with Gasteiger partial charge in [-0.3, -0.25) is 4.79 Å². The first-order chi connectivity index (χ1) is 9.19. The second-order valence-corrected chi connectivity index (χ2v) is 4.59. The van der Waals surface area contributed by atoms with Gasteiger partial charge in [-0.05, 0) is 12.1 Å². The summed E-state index contributed by atoms with van der Waals surface area (Å²) < 4.78 is 23.6. The van der Waals surface area contributed by atoms with Crippen molar-refractivity contribution in [2.45, 2.75) is 18.9 Å². The third-order valence-electron chi connectivity index (χ3n) is 3.16. The molecule has 0 radical (unpaired) electrons. The van der Waals surface area contributed by atoms with E-state index in [-0.39, 0.29) is 24.4 Å². The van der Waals surface area contributed by atoms with Crippen molar-refractivity contribution in [1.29, 1.82) is 0 Å². The number of nitrogens with zero attached hydrogens (tertiary/aromatic N) is 1. The lowest BCUT2D eigenvalue weighted by molar-refractivity contribution is -0.136. The van der Waals surface area contributed by atoms with Gasteiger partial charge in [-0.2, -0.15) is 0 Å². The molecule has 1 fully saturated rings. The lowest BCUT2D eigenvalue weighted by atomic mass is 10.1. The number of methoxy groups -OCH3 is 1. The predicted octanol–water partition coefficient (Wildman–Crippen LogP) is 1.84. The molecule has 1 aromatic rings. The normalized spacial score (nSPS) is 16.4. The number of ether oxygens (including phenoxy) is 2. The number of amides is 1. The van der Waals surface area contributed by atoms with Crippen LogP contribution in [0.2, 0.25) is 0 Å². The fraction of sp³-hybridized carbons (Fsp3) is 0.500. The lowest BCUT2D eigenvalue weighted by Gasteiger charge is -2.32. The first-order valence-electron chi connectivity index (χ1n) is 6.38. The van der Waals surface area contributed by atoms with Crippen molar-refractivity contribution in [3.63, 3.8) is 0 Å². The summed E-state index contributed by atoms with van der Waals surface area (Å²) >= 11 is 0. The topological polar surface area (TPSA) is 38.8 Å². The van der Waals surface area contributed by atoms with Gasteiger partial charge in [-0.15, -0.1) is 0 Å². The molecule has 0 atom stereocenters. The molecular formula is C14H18FNO3. The van der Waals surface area contributed by atoms with E-state index in [1.54, 1.807) is 17.0 Å². The minimum absolute atomic E-state index is 0.00621. The van der Waals surface area contributed by atoms with Gasteiger partial charge in [0.05, 0.1) is 0 Å². The Morgan fingerprint density at radius 3 is 2.79 bits per heavy atom. The first kappa shape index (κ1) is 13.8. The van der Waals surface area contributed by atoms with E-state index in [1.807, 2.05) is 0 Å².